The molecule has 0 bridgehead atoms. The lowest BCUT2D eigenvalue weighted by molar-refractivity contribution is 0.436. The van der Waals surface area contributed by atoms with Gasteiger partial charge in [-0.3, -0.25) is 0 Å². The zero-order valence-corrected chi connectivity index (χ0v) is 33.7. The molecule has 1 aromatic heterocycles. The summed E-state index contributed by atoms with van der Waals surface area (Å²) in [5.74, 6) is 3.37. The molecular weight excluding hydrogens is 745 g/mol. The molecular formula is C56H38N4O. The van der Waals surface area contributed by atoms with E-state index in [1.165, 1.54) is 33.4 Å². The van der Waals surface area contributed by atoms with Gasteiger partial charge in [-0.05, 0) is 51.1 Å². The van der Waals surface area contributed by atoms with Gasteiger partial charge in [0, 0.05) is 38.8 Å². The van der Waals surface area contributed by atoms with E-state index in [2.05, 4.69) is 182 Å². The summed E-state index contributed by atoms with van der Waals surface area (Å²) in [5.41, 5.74) is 14.0. The molecule has 0 atom stereocenters. The first-order valence-corrected chi connectivity index (χ1v) is 20.5. The van der Waals surface area contributed by atoms with E-state index in [1.807, 2.05) is 18.2 Å². The molecule has 0 saturated heterocycles. The van der Waals surface area contributed by atoms with Crippen LogP contribution in [0.25, 0.3) is 61.3 Å². The lowest BCUT2D eigenvalue weighted by atomic mass is 9.63. The Morgan fingerprint density at radius 3 is 1.57 bits per heavy atom. The second-order valence-electron chi connectivity index (χ2n) is 16.2. The molecule has 1 aliphatic heterocycles. The first-order chi connectivity index (χ1) is 29.9. The highest BCUT2D eigenvalue weighted by atomic mass is 16.5. The molecule has 0 saturated carbocycles. The minimum absolute atomic E-state index is 0.170. The summed E-state index contributed by atoms with van der Waals surface area (Å²) in [6.45, 7) is 12.1. The zero-order valence-electron chi connectivity index (χ0n) is 33.7. The minimum Gasteiger partial charge on any atom is -0.456 e. The number of benzene rings is 8. The predicted octanol–water partition coefficient (Wildman–Crippen LogP) is 13.9. The van der Waals surface area contributed by atoms with E-state index in [-0.39, 0.29) is 5.41 Å². The molecule has 5 heteroatoms. The van der Waals surface area contributed by atoms with Crippen LogP contribution < -0.4 is 4.74 Å². The Balaban J connectivity index is 1.04. The van der Waals surface area contributed by atoms with Crippen molar-refractivity contribution in [2.45, 2.75) is 24.7 Å². The summed E-state index contributed by atoms with van der Waals surface area (Å²) in [6.07, 6.45) is 0. The van der Waals surface area contributed by atoms with Crippen LogP contribution in [-0.2, 0) is 10.8 Å². The Morgan fingerprint density at radius 2 is 0.918 bits per heavy atom. The van der Waals surface area contributed by atoms with Gasteiger partial charge in [0.25, 0.3) is 0 Å². The molecule has 0 radical (unpaired) electrons. The van der Waals surface area contributed by atoms with Crippen molar-refractivity contribution in [2.75, 3.05) is 0 Å². The number of hydrogen-bond acceptors (Lipinski definition) is 4. The van der Waals surface area contributed by atoms with Crippen LogP contribution in [0.3, 0.4) is 0 Å². The monoisotopic (exact) mass is 782 g/mol. The van der Waals surface area contributed by atoms with E-state index in [1.54, 1.807) is 12.1 Å². The van der Waals surface area contributed by atoms with Gasteiger partial charge in [0.05, 0.1) is 12.0 Å². The molecule has 9 aromatic rings. The average molecular weight is 783 g/mol. The van der Waals surface area contributed by atoms with Crippen molar-refractivity contribution in [3.63, 3.8) is 0 Å². The third-order valence-corrected chi connectivity index (χ3v) is 12.5. The largest absolute Gasteiger partial charge is 0.456 e. The first-order valence-electron chi connectivity index (χ1n) is 20.5. The Hall–Kier alpha value is -7.94. The van der Waals surface area contributed by atoms with Gasteiger partial charge < -0.3 is 4.74 Å². The first kappa shape index (κ1) is 36.2. The van der Waals surface area contributed by atoms with Crippen molar-refractivity contribution in [3.8, 4) is 67.9 Å². The fourth-order valence-corrected chi connectivity index (χ4v) is 9.55. The Bertz CT molecular complexity index is 3150. The highest BCUT2D eigenvalue weighted by molar-refractivity contribution is 5.84. The van der Waals surface area contributed by atoms with Crippen LogP contribution in [-0.4, -0.2) is 15.0 Å². The van der Waals surface area contributed by atoms with Crippen molar-refractivity contribution in [3.05, 3.63) is 239 Å². The van der Waals surface area contributed by atoms with Gasteiger partial charge in [-0.25, -0.2) is 19.8 Å². The van der Waals surface area contributed by atoms with Crippen LogP contribution in [0.4, 0.5) is 5.69 Å². The summed E-state index contributed by atoms with van der Waals surface area (Å²) in [6, 6.07) is 67.5. The van der Waals surface area contributed by atoms with Gasteiger partial charge in [-0.1, -0.05) is 196 Å². The molecule has 0 amide bonds. The van der Waals surface area contributed by atoms with Gasteiger partial charge in [0.2, 0.25) is 0 Å². The van der Waals surface area contributed by atoms with Crippen LogP contribution in [0.2, 0.25) is 0 Å². The summed E-state index contributed by atoms with van der Waals surface area (Å²) in [5, 5.41) is 0. The van der Waals surface area contributed by atoms with Crippen LogP contribution in [0.1, 0.15) is 47.2 Å². The van der Waals surface area contributed by atoms with E-state index in [0.717, 1.165) is 50.4 Å². The van der Waals surface area contributed by atoms with Crippen LogP contribution >= 0.6 is 0 Å². The van der Waals surface area contributed by atoms with E-state index in [9.17, 15) is 0 Å². The van der Waals surface area contributed by atoms with E-state index in [4.69, 9.17) is 26.3 Å². The number of rotatable bonds is 6. The highest BCUT2D eigenvalue weighted by Crippen LogP contribution is 2.57. The van der Waals surface area contributed by atoms with E-state index < -0.39 is 5.41 Å². The van der Waals surface area contributed by atoms with Gasteiger partial charge in [-0.15, -0.1) is 0 Å². The van der Waals surface area contributed by atoms with Gasteiger partial charge in [-0.2, -0.15) is 0 Å². The van der Waals surface area contributed by atoms with Crippen molar-refractivity contribution in [2.24, 2.45) is 0 Å². The fourth-order valence-electron chi connectivity index (χ4n) is 9.55. The molecule has 2 heterocycles. The topological polar surface area (TPSA) is 52.3 Å². The molecule has 8 aromatic carbocycles. The minimum atomic E-state index is -0.608. The second kappa shape index (κ2) is 14.1. The van der Waals surface area contributed by atoms with Gasteiger partial charge in [0.1, 0.15) is 11.5 Å². The van der Waals surface area contributed by atoms with Crippen molar-refractivity contribution in [1.82, 2.24) is 15.0 Å². The predicted molar refractivity (Wildman–Crippen MR) is 244 cm³/mol. The van der Waals surface area contributed by atoms with E-state index in [0.29, 0.717) is 23.2 Å². The molecule has 61 heavy (non-hydrogen) atoms. The molecule has 0 spiro atoms. The molecule has 2 aliphatic rings. The molecule has 0 fully saturated rings. The van der Waals surface area contributed by atoms with E-state index >= 15 is 0 Å². The third kappa shape index (κ3) is 5.72. The number of para-hydroxylation sites is 2. The van der Waals surface area contributed by atoms with Crippen LogP contribution in [0, 0.1) is 6.57 Å². The normalized spacial score (nSPS) is 13.8. The average Bonchev–Trinajstić information content (AvgIpc) is 3.56. The lowest BCUT2D eigenvalue weighted by Gasteiger charge is -2.42. The summed E-state index contributed by atoms with van der Waals surface area (Å²) in [4.78, 5) is 18.8. The molecule has 288 valence electrons. The van der Waals surface area contributed by atoms with Crippen LogP contribution in [0.15, 0.2) is 194 Å². The maximum Gasteiger partial charge on any atom is 0.187 e. The summed E-state index contributed by atoms with van der Waals surface area (Å²) < 4.78 is 6.94. The highest BCUT2D eigenvalue weighted by Gasteiger charge is 2.46. The number of fused-ring (bicyclic) bond motifs is 5. The molecule has 5 nitrogen and oxygen atoms in total. The maximum absolute atomic E-state index is 7.49. The van der Waals surface area contributed by atoms with Crippen LogP contribution in [0.5, 0.6) is 11.5 Å². The van der Waals surface area contributed by atoms with Gasteiger partial charge in [0.15, 0.2) is 23.2 Å². The zero-order chi connectivity index (χ0) is 41.1. The van der Waals surface area contributed by atoms with Crippen molar-refractivity contribution >= 4 is 5.69 Å². The number of aromatic nitrogens is 3. The lowest BCUT2D eigenvalue weighted by Crippen LogP contribution is -2.34. The maximum atomic E-state index is 7.49. The molecule has 0 unspecified atom stereocenters. The van der Waals surface area contributed by atoms with Crippen molar-refractivity contribution < 1.29 is 4.74 Å². The quantitative estimate of drug-likeness (QED) is 0.158. The number of ether oxygens (including phenoxy) is 1. The summed E-state index contributed by atoms with van der Waals surface area (Å²) in [7, 11) is 0. The molecule has 0 N–H and O–H groups in total. The number of nitrogens with zero attached hydrogens (tertiary/aromatic N) is 4. The SMILES string of the molecule is [C-]#[N+]c1ccc(-c2nc(-c3ccc(-c4cccc5c4Oc4ccccc4C5(c4ccccc4)c4ccccc4)cc3)nc(-c3ccc4c(c3)C(C)(C)c3ccccc3-4)n2)cc1. The van der Waals surface area contributed by atoms with Gasteiger partial charge >= 0.3 is 0 Å². The molecule has 1 aliphatic carbocycles. The number of hydrogen-bond donors (Lipinski definition) is 0. The smallest absolute Gasteiger partial charge is 0.187 e. The molecule has 11 rings (SSSR count). The third-order valence-electron chi connectivity index (χ3n) is 12.5. The van der Waals surface area contributed by atoms with Crippen molar-refractivity contribution in [1.29, 1.82) is 0 Å². The Morgan fingerprint density at radius 1 is 0.426 bits per heavy atom. The summed E-state index contributed by atoms with van der Waals surface area (Å²) >= 11 is 0. The second-order valence-corrected chi connectivity index (χ2v) is 16.2. The Kier molecular flexibility index (Phi) is 8.37. The fraction of sp³-hybridized carbons (Fsp3) is 0.0714. The standard InChI is InChI=1S/C56H38N4O/c1-55(2)46-21-11-10-19-44(46)45-34-31-39(35-49(45)55)54-59-52(58-53(60-54)38-29-32-42(57-3)33-30-38)37-27-25-36(26-28-37)43-20-14-23-48-51(43)61-50-24-13-12-22-47(50)56(48,40-15-6-4-7-16-40)41-17-8-5-9-18-41/h4-35H,1-2H3. The Labute approximate surface area is 355 Å².